The van der Waals surface area contributed by atoms with Crippen LogP contribution in [0.1, 0.15) is 0 Å². The predicted octanol–water partition coefficient (Wildman–Crippen LogP) is 5.86. The van der Waals surface area contributed by atoms with Gasteiger partial charge < -0.3 is 0 Å². The molecule has 0 nitrogen and oxygen atoms in total. The van der Waals surface area contributed by atoms with Gasteiger partial charge in [-0.15, -0.1) is 0 Å². The molecule has 0 saturated heterocycles. The molecule has 0 amide bonds. The molecule has 9 heteroatoms. The summed E-state index contributed by atoms with van der Waals surface area (Å²) in [6.45, 7) is 2.34. The molecule has 0 aliphatic carbocycles. The summed E-state index contributed by atoms with van der Waals surface area (Å²) in [5.74, 6) is 0. The van der Waals surface area contributed by atoms with Crippen molar-refractivity contribution in [1.29, 1.82) is 0 Å². The molecule has 0 atom stereocenters. The van der Waals surface area contributed by atoms with E-state index in [9.17, 15) is 25.2 Å². The van der Waals surface area contributed by atoms with Crippen LogP contribution < -0.4 is 10.6 Å². The molecule has 0 aliphatic rings. The van der Waals surface area contributed by atoms with Gasteiger partial charge in [-0.25, -0.2) is 0 Å². The maximum Gasteiger partial charge on any atom is 0 e. The van der Waals surface area contributed by atoms with E-state index in [1.807, 2.05) is 0 Å². The van der Waals surface area contributed by atoms with Crippen LogP contribution >= 0.6 is 15.7 Å². The molecule has 0 aliphatic heterocycles. The van der Waals surface area contributed by atoms with Crippen molar-refractivity contribution in [3.05, 3.63) is 60.7 Å². The summed E-state index contributed by atoms with van der Waals surface area (Å²) in [4.78, 5) is 0. The van der Waals surface area contributed by atoms with Crippen LogP contribution in [0, 0.1) is 0 Å². The van der Waals surface area contributed by atoms with E-state index in [4.69, 9.17) is 0 Å². The number of halogens is 6. The van der Waals surface area contributed by atoms with Gasteiger partial charge in [0.25, 0.3) is 0 Å². The van der Waals surface area contributed by atoms with Crippen molar-refractivity contribution in [3.8, 4) is 0 Å². The molecule has 127 valence electrons. The van der Waals surface area contributed by atoms with Gasteiger partial charge in [0.15, 0.2) is 0 Å². The van der Waals surface area contributed by atoms with Crippen molar-refractivity contribution in [3.63, 3.8) is 0 Å². The first kappa shape index (κ1) is 21.5. The minimum absolute atomic E-state index is 0. The Morgan fingerprint density at radius 2 is 0.864 bits per heavy atom. The summed E-state index contributed by atoms with van der Waals surface area (Å²) in [5.41, 5.74) is 0. The summed E-state index contributed by atoms with van der Waals surface area (Å²) >= 11 is 0. The fourth-order valence-corrected chi connectivity index (χ4v) is 3.26. The van der Waals surface area contributed by atoms with E-state index in [0.717, 1.165) is 0 Å². The van der Waals surface area contributed by atoms with Crippen molar-refractivity contribution in [2.24, 2.45) is 0 Å². The van der Waals surface area contributed by atoms with E-state index in [0.29, 0.717) is 0 Å². The van der Waals surface area contributed by atoms with Crippen molar-refractivity contribution in [2.45, 2.75) is 0 Å². The van der Waals surface area contributed by atoms with Crippen molar-refractivity contribution in [2.75, 3.05) is 6.66 Å². The van der Waals surface area contributed by atoms with Crippen LogP contribution in [0.25, 0.3) is 0 Å². The molecule has 0 saturated carbocycles. The SMILES string of the molecule is C[PH+](c1ccccc1)c1ccccc1.F[P-](F)(F)(F)(F)F.[Ir]. The molecule has 0 aromatic heterocycles. The van der Waals surface area contributed by atoms with Crippen LogP contribution in [0.4, 0.5) is 25.2 Å². The third kappa shape index (κ3) is 12.1. The topological polar surface area (TPSA) is 0 Å². The molecule has 1 radical (unpaired) electrons. The van der Waals surface area contributed by atoms with Gasteiger partial charge in [0.1, 0.15) is 0 Å². The summed E-state index contributed by atoms with van der Waals surface area (Å²) in [6, 6.07) is 21.5. The van der Waals surface area contributed by atoms with Gasteiger partial charge in [-0.1, -0.05) is 36.4 Å². The molecule has 22 heavy (non-hydrogen) atoms. The van der Waals surface area contributed by atoms with Crippen LogP contribution in [0.3, 0.4) is 0 Å². The molecule has 0 heterocycles. The minimum Gasteiger partial charge on any atom is 0 e. The number of benzene rings is 2. The minimum atomic E-state index is -10.7. The van der Waals surface area contributed by atoms with E-state index in [2.05, 4.69) is 67.3 Å². The van der Waals surface area contributed by atoms with Gasteiger partial charge in [-0.2, -0.15) is 0 Å². The van der Waals surface area contributed by atoms with Crippen molar-refractivity contribution >= 4 is 26.3 Å². The Labute approximate surface area is 139 Å². The number of rotatable bonds is 2. The molecule has 0 unspecified atom stereocenters. The van der Waals surface area contributed by atoms with E-state index in [-0.39, 0.29) is 20.1 Å². The van der Waals surface area contributed by atoms with Gasteiger partial charge in [-0.05, 0) is 24.3 Å². The van der Waals surface area contributed by atoms with Gasteiger partial charge in [-0.3, -0.25) is 0 Å². The first-order chi connectivity index (χ1) is 9.33. The third-order valence-electron chi connectivity index (χ3n) is 2.41. The molecular weight excluding hydrogens is 524 g/mol. The Morgan fingerprint density at radius 1 is 0.636 bits per heavy atom. The van der Waals surface area contributed by atoms with E-state index >= 15 is 0 Å². The van der Waals surface area contributed by atoms with Gasteiger partial charge in [0, 0.05) is 20.1 Å². The van der Waals surface area contributed by atoms with Gasteiger partial charge in [0.05, 0.1) is 25.2 Å². The molecule has 0 N–H and O–H groups in total. The first-order valence-corrected chi connectivity index (χ1v) is 9.86. The second kappa shape index (κ2) is 6.96. The standard InChI is InChI=1S/C13H13P.F6P.Ir/c1-14(12-8-4-2-5-9-12)13-10-6-3-7-11-13;1-7(2,3,4,5)6;/h2-11H,1H3;;/q;-1;/p+1. The Morgan fingerprint density at radius 3 is 1.09 bits per heavy atom. The number of hydrogen-bond donors (Lipinski definition) is 0. The molecule has 0 fully saturated rings. The van der Waals surface area contributed by atoms with Crippen molar-refractivity contribution < 1.29 is 45.3 Å². The summed E-state index contributed by atoms with van der Waals surface area (Å²) in [7, 11) is -11.2. The fraction of sp³-hybridized carbons (Fsp3) is 0.0769. The molecule has 0 spiro atoms. The van der Waals surface area contributed by atoms with E-state index in [1.54, 1.807) is 0 Å². The van der Waals surface area contributed by atoms with Crippen LogP contribution in [0.2, 0.25) is 0 Å². The fourth-order valence-electron chi connectivity index (χ4n) is 1.54. The van der Waals surface area contributed by atoms with E-state index < -0.39 is 15.7 Å². The smallest absolute Gasteiger partial charge is 0 e. The van der Waals surface area contributed by atoms with Crippen LogP contribution in [0.15, 0.2) is 60.7 Å². The van der Waals surface area contributed by atoms with Crippen molar-refractivity contribution in [1.82, 2.24) is 0 Å². The molecule has 2 aromatic rings. The Hall–Kier alpha value is -0.471. The van der Waals surface area contributed by atoms with Crippen LogP contribution in [0.5, 0.6) is 0 Å². The molecule has 2 aromatic carbocycles. The normalized spacial score (nSPS) is 14.0. The summed E-state index contributed by atoms with van der Waals surface area (Å²) < 4.78 is 59.2. The van der Waals surface area contributed by atoms with Gasteiger partial charge >= 0.3 is 33.0 Å². The zero-order chi connectivity index (χ0) is 16.2. The Kier molecular flexibility index (Phi) is 6.82. The summed E-state index contributed by atoms with van der Waals surface area (Å²) in [5, 5.41) is 2.95. The largest absolute Gasteiger partial charge is 0 e. The van der Waals surface area contributed by atoms with E-state index in [1.165, 1.54) is 10.6 Å². The first-order valence-electron chi connectivity index (χ1n) is 5.84. The van der Waals surface area contributed by atoms with Crippen LogP contribution in [-0.2, 0) is 20.1 Å². The second-order valence-corrected chi connectivity index (χ2v) is 8.64. The maximum atomic E-state index is 9.87. The quantitative estimate of drug-likeness (QED) is 0.332. The second-order valence-electron chi connectivity index (χ2n) is 4.32. The molecular formula is C13H14F6IrP2. The molecule has 0 bridgehead atoms. The zero-order valence-corrected chi connectivity index (χ0v) is 15.6. The van der Waals surface area contributed by atoms with Gasteiger partial charge in [0.2, 0.25) is 0 Å². The average molecular weight is 538 g/mol. The molecule has 2 rings (SSSR count). The average Bonchev–Trinajstić information content (AvgIpc) is 2.36. The summed E-state index contributed by atoms with van der Waals surface area (Å²) in [6.07, 6.45) is 0. The monoisotopic (exact) mass is 539 g/mol. The van der Waals surface area contributed by atoms with Crippen LogP contribution in [-0.4, -0.2) is 6.66 Å². The Bertz CT molecular complexity index is 520. The Balaban J connectivity index is 0.000000478. The zero-order valence-electron chi connectivity index (χ0n) is 11.3. The third-order valence-corrected chi connectivity index (χ3v) is 4.81. The number of hydrogen-bond acceptors (Lipinski definition) is 0. The predicted molar refractivity (Wildman–Crippen MR) is 80.0 cm³/mol. The maximum absolute atomic E-state index is 10.7.